The maximum atomic E-state index is 15.5. The maximum Gasteiger partial charge on any atom is 0.459 e. The SMILES string of the molecule is CC(C)OC(=O)CN[P@](=O)(OC[C@H]1O[C@@H](n2ccc(=O)[nH]c2=O)[C@](C)(F)[C@@H]1O)Oc1cccc2c1OCO2. The van der Waals surface area contributed by atoms with Gasteiger partial charge in [0.1, 0.15) is 18.8 Å². The number of carbonyl (C=O) groups excluding carboxylic acids is 1. The van der Waals surface area contributed by atoms with E-state index in [-0.39, 0.29) is 18.3 Å². The van der Waals surface area contributed by atoms with Gasteiger partial charge in [-0.05, 0) is 32.9 Å². The molecule has 0 amide bonds. The number of alkyl halides is 1. The highest BCUT2D eigenvalue weighted by molar-refractivity contribution is 7.52. The molecule has 1 saturated heterocycles. The van der Waals surface area contributed by atoms with E-state index in [4.69, 9.17) is 28.0 Å². The number of aromatic amines is 1. The number of nitrogens with one attached hydrogen (secondary N) is 2. The van der Waals surface area contributed by atoms with Crippen molar-refractivity contribution in [2.45, 2.75) is 51.0 Å². The highest BCUT2D eigenvalue weighted by atomic mass is 31.2. The van der Waals surface area contributed by atoms with Gasteiger partial charge in [0.05, 0.1) is 12.7 Å². The first kappa shape index (κ1) is 27.8. The molecule has 2 aliphatic heterocycles. The lowest BCUT2D eigenvalue weighted by Gasteiger charge is -2.24. The molecule has 2 aliphatic rings. The summed E-state index contributed by atoms with van der Waals surface area (Å²) in [7, 11) is -4.42. The molecule has 0 saturated carbocycles. The summed E-state index contributed by atoms with van der Waals surface area (Å²) < 4.78 is 62.1. The minimum absolute atomic E-state index is 0.0334. The van der Waals surface area contributed by atoms with Crippen LogP contribution in [0, 0.1) is 0 Å². The second-order valence-corrected chi connectivity index (χ2v) is 10.6. The highest BCUT2D eigenvalue weighted by Gasteiger charge is 2.55. The molecule has 1 fully saturated rings. The number of halogens is 1. The summed E-state index contributed by atoms with van der Waals surface area (Å²) in [6.45, 7) is 2.90. The molecule has 1 aromatic carbocycles. The maximum absolute atomic E-state index is 15.5. The summed E-state index contributed by atoms with van der Waals surface area (Å²) in [5, 5.41) is 13.0. The van der Waals surface area contributed by atoms with Gasteiger partial charge in [-0.15, -0.1) is 0 Å². The van der Waals surface area contributed by atoms with E-state index in [1.165, 1.54) is 6.07 Å². The Balaban J connectivity index is 1.53. The Morgan fingerprint density at radius 3 is 2.82 bits per heavy atom. The number of carbonyl (C=O) groups is 1. The van der Waals surface area contributed by atoms with E-state index in [0.29, 0.717) is 5.75 Å². The Kier molecular flexibility index (Phi) is 7.95. The lowest BCUT2D eigenvalue weighted by molar-refractivity contribution is -0.146. The number of benzene rings is 1. The minimum Gasteiger partial charge on any atom is -0.462 e. The van der Waals surface area contributed by atoms with Crippen molar-refractivity contribution in [2.75, 3.05) is 19.9 Å². The van der Waals surface area contributed by atoms with Crippen molar-refractivity contribution in [1.82, 2.24) is 14.6 Å². The monoisotopic (exact) mass is 559 g/mol. The lowest BCUT2D eigenvalue weighted by Crippen LogP contribution is -2.43. The van der Waals surface area contributed by atoms with Gasteiger partial charge in [-0.1, -0.05) is 6.07 Å². The van der Waals surface area contributed by atoms with Gasteiger partial charge >= 0.3 is 19.4 Å². The number of nitrogens with zero attached hydrogens (tertiary/aromatic N) is 1. The second kappa shape index (κ2) is 10.9. The Bertz CT molecular complexity index is 1340. The molecule has 3 N–H and O–H groups in total. The highest BCUT2D eigenvalue weighted by Crippen LogP contribution is 2.51. The number of hydrogen-bond acceptors (Lipinski definition) is 11. The summed E-state index contributed by atoms with van der Waals surface area (Å²) in [6.07, 6.45) is -4.34. The smallest absolute Gasteiger partial charge is 0.459 e. The number of aliphatic hydroxyl groups is 1. The second-order valence-electron chi connectivity index (χ2n) is 8.89. The van der Waals surface area contributed by atoms with Crippen molar-refractivity contribution in [2.24, 2.45) is 0 Å². The third-order valence-corrected chi connectivity index (χ3v) is 7.06. The van der Waals surface area contributed by atoms with Crippen LogP contribution in [0.15, 0.2) is 40.1 Å². The number of fused-ring (bicyclic) bond motifs is 1. The van der Waals surface area contributed by atoms with Crippen LogP contribution >= 0.6 is 7.75 Å². The van der Waals surface area contributed by atoms with Crippen molar-refractivity contribution >= 4 is 13.7 Å². The molecule has 2 aromatic rings. The van der Waals surface area contributed by atoms with Gasteiger partial charge in [0.25, 0.3) is 5.56 Å². The third-order valence-electron chi connectivity index (χ3n) is 5.59. The largest absolute Gasteiger partial charge is 0.462 e. The molecule has 5 atom stereocenters. The number of aromatic nitrogens is 2. The van der Waals surface area contributed by atoms with Gasteiger partial charge in [-0.25, -0.2) is 18.8 Å². The number of para-hydroxylation sites is 1. The predicted octanol–water partition coefficient (Wildman–Crippen LogP) is 0.997. The van der Waals surface area contributed by atoms with E-state index < -0.39 is 68.3 Å². The number of hydrogen-bond donors (Lipinski definition) is 3. The van der Waals surface area contributed by atoms with E-state index in [0.717, 1.165) is 23.8 Å². The number of rotatable bonds is 10. The van der Waals surface area contributed by atoms with Gasteiger partial charge in [-0.2, -0.15) is 0 Å². The Morgan fingerprint density at radius 1 is 1.34 bits per heavy atom. The zero-order chi connectivity index (χ0) is 27.7. The summed E-state index contributed by atoms with van der Waals surface area (Å²) in [4.78, 5) is 37.6. The summed E-state index contributed by atoms with van der Waals surface area (Å²) >= 11 is 0. The van der Waals surface area contributed by atoms with Crippen LogP contribution < -0.4 is 30.3 Å². The summed E-state index contributed by atoms with van der Waals surface area (Å²) in [6, 6.07) is 5.56. The number of esters is 1. The average Bonchev–Trinajstić information content (AvgIpc) is 3.40. The first-order chi connectivity index (χ1) is 17.9. The molecule has 38 heavy (non-hydrogen) atoms. The van der Waals surface area contributed by atoms with Crippen molar-refractivity contribution in [3.05, 3.63) is 51.3 Å². The van der Waals surface area contributed by atoms with Crippen LogP contribution in [0.4, 0.5) is 4.39 Å². The fourth-order valence-electron chi connectivity index (χ4n) is 3.81. The minimum atomic E-state index is -4.42. The molecule has 0 aliphatic carbocycles. The van der Waals surface area contributed by atoms with Crippen molar-refractivity contribution in [3.63, 3.8) is 0 Å². The molecule has 0 radical (unpaired) electrons. The Labute approximate surface area is 215 Å². The van der Waals surface area contributed by atoms with E-state index >= 15 is 4.39 Å². The zero-order valence-corrected chi connectivity index (χ0v) is 21.5. The van der Waals surface area contributed by atoms with E-state index in [9.17, 15) is 24.1 Å². The Morgan fingerprint density at radius 2 is 2.11 bits per heavy atom. The standard InChI is InChI=1S/C22H27FN3O11P/c1-12(2)35-17(28)9-24-38(31,37-14-6-4-5-13-18(14)33-11-32-13)34-10-15-19(29)22(3,23)20(36-15)26-8-7-16(27)25-21(26)30/h4-8,12,15,19-20,29H,9-11H2,1-3H3,(H,24,31)(H,25,27,30)/t15-,19-,20-,22-,38+/m1/s1. The molecule has 16 heteroatoms. The van der Waals surface area contributed by atoms with Crippen LogP contribution in [-0.2, 0) is 23.4 Å². The molecule has 1 aromatic heterocycles. The van der Waals surface area contributed by atoms with Crippen LogP contribution in [0.2, 0.25) is 0 Å². The normalized spacial score (nSPS) is 25.8. The molecule has 14 nitrogen and oxygen atoms in total. The lowest BCUT2D eigenvalue weighted by atomic mass is 9.98. The first-order valence-electron chi connectivity index (χ1n) is 11.5. The average molecular weight is 559 g/mol. The van der Waals surface area contributed by atoms with Crippen LogP contribution in [0.3, 0.4) is 0 Å². The van der Waals surface area contributed by atoms with Crippen molar-refractivity contribution < 1.29 is 46.9 Å². The topological polar surface area (TPSA) is 177 Å². The molecule has 0 spiro atoms. The Hall–Kier alpha value is -3.23. The fourth-order valence-corrected chi connectivity index (χ4v) is 5.09. The fraction of sp³-hybridized carbons (Fsp3) is 0.500. The van der Waals surface area contributed by atoms with Gasteiger partial charge in [-0.3, -0.25) is 23.7 Å². The molecule has 3 heterocycles. The number of aliphatic hydroxyl groups excluding tert-OH is 1. The van der Waals surface area contributed by atoms with Gasteiger partial charge in [0.15, 0.2) is 23.4 Å². The van der Waals surface area contributed by atoms with E-state index in [2.05, 4.69) is 5.09 Å². The molecule has 0 bridgehead atoms. The van der Waals surface area contributed by atoms with Crippen LogP contribution in [0.1, 0.15) is 27.0 Å². The van der Waals surface area contributed by atoms with Gasteiger partial charge < -0.3 is 28.6 Å². The van der Waals surface area contributed by atoms with E-state index in [1.807, 2.05) is 4.98 Å². The number of ether oxygens (including phenoxy) is 4. The molecule has 208 valence electrons. The first-order valence-corrected chi connectivity index (χ1v) is 13.0. The summed E-state index contributed by atoms with van der Waals surface area (Å²) in [5.74, 6) is -0.315. The predicted molar refractivity (Wildman–Crippen MR) is 127 cm³/mol. The van der Waals surface area contributed by atoms with Crippen molar-refractivity contribution in [3.8, 4) is 17.2 Å². The van der Waals surface area contributed by atoms with E-state index in [1.54, 1.807) is 26.0 Å². The molecular formula is C22H27FN3O11P. The van der Waals surface area contributed by atoms with Crippen molar-refractivity contribution in [1.29, 1.82) is 0 Å². The van der Waals surface area contributed by atoms with Crippen LogP contribution in [0.25, 0.3) is 0 Å². The zero-order valence-electron chi connectivity index (χ0n) is 20.6. The molecular weight excluding hydrogens is 532 g/mol. The van der Waals surface area contributed by atoms with Gasteiger partial charge in [0, 0.05) is 12.3 Å². The van der Waals surface area contributed by atoms with Crippen LogP contribution in [-0.4, -0.2) is 64.6 Å². The molecule has 0 unspecified atom stereocenters. The van der Waals surface area contributed by atoms with Crippen LogP contribution in [0.5, 0.6) is 17.2 Å². The quantitative estimate of drug-likeness (QED) is 0.278. The van der Waals surface area contributed by atoms with Gasteiger partial charge in [0.2, 0.25) is 12.5 Å². The number of H-pyrrole nitrogens is 1. The third kappa shape index (κ3) is 5.92. The molecule has 4 rings (SSSR count). The summed E-state index contributed by atoms with van der Waals surface area (Å²) in [5.41, 5.74) is -4.17.